The summed E-state index contributed by atoms with van der Waals surface area (Å²) < 4.78 is 24.5. The zero-order chi connectivity index (χ0) is 15.7. The minimum Gasteiger partial charge on any atom is -0.488 e. The maximum atomic E-state index is 13.9. The van der Waals surface area contributed by atoms with Crippen LogP contribution in [-0.2, 0) is 4.74 Å². The second-order valence-electron chi connectivity index (χ2n) is 5.09. The number of halogens is 1. The molecule has 1 aromatic carbocycles. The van der Waals surface area contributed by atoms with E-state index in [1.807, 2.05) is 20.0 Å². The highest BCUT2D eigenvalue weighted by atomic mass is 19.1. The Kier molecular flexibility index (Phi) is 8.27. The quantitative estimate of drug-likeness (QED) is 0.652. The van der Waals surface area contributed by atoms with Crippen LogP contribution in [0.15, 0.2) is 18.2 Å². The first kappa shape index (κ1) is 17.9. The molecule has 0 heterocycles. The van der Waals surface area contributed by atoms with Crippen molar-refractivity contribution in [3.05, 3.63) is 29.6 Å². The van der Waals surface area contributed by atoms with Crippen molar-refractivity contribution in [2.24, 2.45) is 0 Å². The van der Waals surface area contributed by atoms with Gasteiger partial charge in [0.05, 0.1) is 6.61 Å². The Hall–Kier alpha value is -1.17. The summed E-state index contributed by atoms with van der Waals surface area (Å²) in [7, 11) is 1.82. The Balaban J connectivity index is 2.41. The van der Waals surface area contributed by atoms with E-state index in [1.54, 1.807) is 6.07 Å². The van der Waals surface area contributed by atoms with E-state index in [-0.39, 0.29) is 25.0 Å². The molecule has 0 saturated carbocycles. The van der Waals surface area contributed by atoms with Gasteiger partial charge in [-0.15, -0.1) is 0 Å². The molecule has 0 saturated heterocycles. The number of ether oxygens (including phenoxy) is 2. The lowest BCUT2D eigenvalue weighted by Crippen LogP contribution is -2.24. The molecule has 21 heavy (non-hydrogen) atoms. The van der Waals surface area contributed by atoms with Crippen LogP contribution in [0.1, 0.15) is 38.3 Å². The van der Waals surface area contributed by atoms with Crippen LogP contribution in [0, 0.1) is 5.82 Å². The first-order valence-electron chi connectivity index (χ1n) is 7.43. The van der Waals surface area contributed by atoms with Crippen LogP contribution in [-0.4, -0.2) is 38.1 Å². The molecule has 0 amide bonds. The number of hydrogen-bond acceptors (Lipinski definition) is 4. The van der Waals surface area contributed by atoms with E-state index >= 15 is 0 Å². The molecule has 120 valence electrons. The lowest BCUT2D eigenvalue weighted by atomic mass is 10.1. The van der Waals surface area contributed by atoms with Crippen LogP contribution in [0.3, 0.4) is 0 Å². The summed E-state index contributed by atoms with van der Waals surface area (Å²) in [5, 5.41) is 12.7. The van der Waals surface area contributed by atoms with Crippen molar-refractivity contribution in [1.82, 2.24) is 5.32 Å². The van der Waals surface area contributed by atoms with Gasteiger partial charge in [-0.05, 0) is 38.1 Å². The molecule has 0 aromatic heterocycles. The van der Waals surface area contributed by atoms with Crippen molar-refractivity contribution in [3.63, 3.8) is 0 Å². The van der Waals surface area contributed by atoms with Gasteiger partial charge in [0.1, 0.15) is 12.7 Å². The molecule has 0 aliphatic rings. The molecule has 0 radical (unpaired) electrons. The van der Waals surface area contributed by atoms with Crippen LogP contribution >= 0.6 is 0 Å². The Bertz CT molecular complexity index is 415. The monoisotopic (exact) mass is 299 g/mol. The fourth-order valence-electron chi connectivity index (χ4n) is 1.77. The summed E-state index contributed by atoms with van der Waals surface area (Å²) in [5.74, 6) is -0.275. The smallest absolute Gasteiger partial charge is 0.165 e. The van der Waals surface area contributed by atoms with Gasteiger partial charge >= 0.3 is 0 Å². The summed E-state index contributed by atoms with van der Waals surface area (Å²) >= 11 is 0. The highest BCUT2D eigenvalue weighted by molar-refractivity contribution is 5.30. The molecule has 5 heteroatoms. The summed E-state index contributed by atoms with van der Waals surface area (Å²) in [5.41, 5.74) is 0.853. The van der Waals surface area contributed by atoms with Crippen LogP contribution in [0.4, 0.5) is 4.39 Å². The molecule has 0 aliphatic heterocycles. The topological polar surface area (TPSA) is 50.7 Å². The van der Waals surface area contributed by atoms with Gasteiger partial charge in [-0.1, -0.05) is 19.4 Å². The predicted octanol–water partition coefficient (Wildman–Crippen LogP) is 2.66. The maximum Gasteiger partial charge on any atom is 0.165 e. The fourth-order valence-corrected chi connectivity index (χ4v) is 1.77. The van der Waals surface area contributed by atoms with Gasteiger partial charge in [0, 0.05) is 12.6 Å². The molecule has 0 fully saturated rings. The Morgan fingerprint density at radius 3 is 2.71 bits per heavy atom. The van der Waals surface area contributed by atoms with Crippen molar-refractivity contribution in [1.29, 1.82) is 0 Å². The van der Waals surface area contributed by atoms with Crippen LogP contribution in [0.5, 0.6) is 5.75 Å². The molecule has 2 atom stereocenters. The molecule has 4 nitrogen and oxygen atoms in total. The Morgan fingerprint density at radius 1 is 1.33 bits per heavy atom. The number of unbranched alkanes of at least 4 members (excludes halogenated alkanes) is 1. The Morgan fingerprint density at radius 2 is 2.10 bits per heavy atom. The van der Waals surface area contributed by atoms with Gasteiger partial charge in [-0.2, -0.15) is 0 Å². The third kappa shape index (κ3) is 6.42. The largest absolute Gasteiger partial charge is 0.488 e. The summed E-state index contributed by atoms with van der Waals surface area (Å²) in [6.07, 6.45) is 1.26. The van der Waals surface area contributed by atoms with Gasteiger partial charge in [0.25, 0.3) is 0 Å². The van der Waals surface area contributed by atoms with Crippen LogP contribution in [0.25, 0.3) is 0 Å². The number of nitrogens with one attached hydrogen (secondary N) is 1. The molecular formula is C16H26FNO3. The fraction of sp³-hybridized carbons (Fsp3) is 0.625. The van der Waals surface area contributed by atoms with E-state index < -0.39 is 11.9 Å². The molecule has 0 bridgehead atoms. The second kappa shape index (κ2) is 9.71. The first-order valence-corrected chi connectivity index (χ1v) is 7.43. The van der Waals surface area contributed by atoms with Gasteiger partial charge in [0.2, 0.25) is 0 Å². The third-order valence-corrected chi connectivity index (χ3v) is 3.27. The molecule has 1 aromatic rings. The van der Waals surface area contributed by atoms with Crippen LogP contribution < -0.4 is 10.1 Å². The van der Waals surface area contributed by atoms with E-state index in [2.05, 4.69) is 12.2 Å². The number of aliphatic hydroxyl groups is 1. The number of benzene rings is 1. The summed E-state index contributed by atoms with van der Waals surface area (Å²) in [6, 6.07) is 4.92. The average molecular weight is 299 g/mol. The van der Waals surface area contributed by atoms with Crippen LogP contribution in [0.2, 0.25) is 0 Å². The molecule has 2 N–H and O–H groups in total. The van der Waals surface area contributed by atoms with E-state index in [0.717, 1.165) is 18.4 Å². The van der Waals surface area contributed by atoms with E-state index in [0.29, 0.717) is 6.61 Å². The van der Waals surface area contributed by atoms with Crippen molar-refractivity contribution in [3.8, 4) is 5.75 Å². The normalized spacial score (nSPS) is 14.0. The van der Waals surface area contributed by atoms with E-state index in [4.69, 9.17) is 9.47 Å². The lowest BCUT2D eigenvalue weighted by molar-refractivity contribution is 0.0106. The van der Waals surface area contributed by atoms with Crippen molar-refractivity contribution in [2.75, 3.05) is 26.9 Å². The summed E-state index contributed by atoms with van der Waals surface area (Å²) in [4.78, 5) is 0. The van der Waals surface area contributed by atoms with Gasteiger partial charge < -0.3 is 19.9 Å². The predicted molar refractivity (Wildman–Crippen MR) is 81.1 cm³/mol. The zero-order valence-corrected chi connectivity index (χ0v) is 13.1. The third-order valence-electron chi connectivity index (χ3n) is 3.27. The SMILES string of the molecule is CCCCOCC(O)COc1ccc(C(C)NC)cc1F. The number of hydrogen-bond donors (Lipinski definition) is 2. The Labute approximate surface area is 126 Å². The molecule has 0 spiro atoms. The van der Waals surface area contributed by atoms with Gasteiger partial charge in [0.15, 0.2) is 11.6 Å². The van der Waals surface area contributed by atoms with Crippen molar-refractivity contribution in [2.45, 2.75) is 38.8 Å². The zero-order valence-electron chi connectivity index (χ0n) is 13.1. The maximum absolute atomic E-state index is 13.9. The lowest BCUT2D eigenvalue weighted by Gasteiger charge is -2.15. The minimum atomic E-state index is -0.753. The first-order chi connectivity index (χ1) is 10.1. The second-order valence-corrected chi connectivity index (χ2v) is 5.09. The standard InChI is InChI=1S/C16H26FNO3/c1-4-5-8-20-10-14(19)11-21-16-7-6-13(9-15(16)17)12(2)18-3/h6-7,9,12,14,18-19H,4-5,8,10-11H2,1-3H3. The molecule has 2 unspecified atom stereocenters. The molecular weight excluding hydrogens is 273 g/mol. The molecule has 1 rings (SSSR count). The summed E-state index contributed by atoms with van der Waals surface area (Å²) in [6.45, 7) is 4.87. The highest BCUT2D eigenvalue weighted by Crippen LogP contribution is 2.22. The average Bonchev–Trinajstić information content (AvgIpc) is 2.49. The molecule has 0 aliphatic carbocycles. The number of rotatable bonds is 10. The van der Waals surface area contributed by atoms with E-state index in [9.17, 15) is 9.50 Å². The van der Waals surface area contributed by atoms with E-state index in [1.165, 1.54) is 6.07 Å². The highest BCUT2D eigenvalue weighted by Gasteiger charge is 2.11. The van der Waals surface area contributed by atoms with Gasteiger partial charge in [-0.3, -0.25) is 0 Å². The van der Waals surface area contributed by atoms with Crippen molar-refractivity contribution < 1.29 is 19.0 Å². The van der Waals surface area contributed by atoms with Crippen molar-refractivity contribution >= 4 is 0 Å². The number of aliphatic hydroxyl groups excluding tert-OH is 1. The minimum absolute atomic E-state index is 0.0178. The van der Waals surface area contributed by atoms with Gasteiger partial charge in [-0.25, -0.2) is 4.39 Å².